The number of halogens is 3. The third kappa shape index (κ3) is 4.22. The average Bonchev–Trinajstić information content (AvgIpc) is 2.44. The molecule has 2 nitrogen and oxygen atoms in total. The predicted molar refractivity (Wildman–Crippen MR) is 89.7 cm³/mol. The molecule has 110 valence electrons. The quantitative estimate of drug-likeness (QED) is 0.735. The summed E-state index contributed by atoms with van der Waals surface area (Å²) in [5.74, 6) is -1.32. The van der Waals surface area contributed by atoms with Crippen LogP contribution < -0.4 is 10.6 Å². The van der Waals surface area contributed by atoms with Crippen molar-refractivity contribution in [3.63, 3.8) is 0 Å². The molecule has 0 aromatic heterocycles. The number of nitrogens with one attached hydrogen (secondary N) is 2. The van der Waals surface area contributed by atoms with Gasteiger partial charge in [0, 0.05) is 16.2 Å². The average molecular weight is 371 g/mol. The number of aryl methyl sites for hydroxylation is 1. The van der Waals surface area contributed by atoms with E-state index >= 15 is 0 Å². The summed E-state index contributed by atoms with van der Waals surface area (Å²) >= 11 is 8.57. The molecule has 0 bridgehead atoms. The third-order valence-corrected chi connectivity index (χ3v) is 3.57. The van der Waals surface area contributed by atoms with Crippen LogP contribution in [0.1, 0.15) is 12.5 Å². The highest BCUT2D eigenvalue weighted by Crippen LogP contribution is 2.22. The van der Waals surface area contributed by atoms with Crippen molar-refractivity contribution < 1.29 is 8.78 Å². The van der Waals surface area contributed by atoms with Crippen molar-refractivity contribution in [1.82, 2.24) is 0 Å². The van der Waals surface area contributed by atoms with Crippen LogP contribution in [0.3, 0.4) is 0 Å². The molecule has 0 spiro atoms. The molecule has 0 saturated carbocycles. The number of hydrogen-bond donors (Lipinski definition) is 2. The zero-order chi connectivity index (χ0) is 15.4. The Kier molecular flexibility index (Phi) is 5.25. The summed E-state index contributed by atoms with van der Waals surface area (Å²) in [5, 5.41) is 5.98. The number of hydrogen-bond acceptors (Lipinski definition) is 1. The first-order chi connectivity index (χ1) is 9.99. The van der Waals surface area contributed by atoms with Gasteiger partial charge in [0.2, 0.25) is 0 Å². The molecule has 2 aromatic rings. The minimum atomic E-state index is -0.689. The fraction of sp³-hybridized carbons (Fsp3) is 0.133. The zero-order valence-electron chi connectivity index (χ0n) is 11.2. The Morgan fingerprint density at radius 2 is 1.76 bits per heavy atom. The van der Waals surface area contributed by atoms with Crippen LogP contribution in [-0.2, 0) is 6.42 Å². The molecule has 2 aromatic carbocycles. The van der Waals surface area contributed by atoms with Crippen LogP contribution in [0.25, 0.3) is 0 Å². The highest BCUT2D eigenvalue weighted by atomic mass is 79.9. The van der Waals surface area contributed by atoms with Gasteiger partial charge in [0.05, 0.1) is 5.69 Å². The van der Waals surface area contributed by atoms with Crippen molar-refractivity contribution >= 4 is 44.6 Å². The molecule has 0 aliphatic heterocycles. The minimum Gasteiger partial charge on any atom is -0.332 e. The Morgan fingerprint density at radius 3 is 2.43 bits per heavy atom. The van der Waals surface area contributed by atoms with Crippen molar-refractivity contribution in [3.05, 3.63) is 58.1 Å². The smallest absolute Gasteiger partial charge is 0.175 e. The molecule has 0 fully saturated rings. The van der Waals surface area contributed by atoms with Gasteiger partial charge in [-0.15, -0.1) is 0 Å². The minimum absolute atomic E-state index is 0.129. The Hall–Kier alpha value is -1.53. The van der Waals surface area contributed by atoms with Crippen LogP contribution in [0, 0.1) is 11.6 Å². The normalized spacial score (nSPS) is 10.3. The predicted octanol–water partition coefficient (Wildman–Crippen LogP) is 5.10. The molecule has 21 heavy (non-hydrogen) atoms. The highest BCUT2D eigenvalue weighted by Gasteiger charge is 2.07. The van der Waals surface area contributed by atoms with Gasteiger partial charge >= 0.3 is 0 Å². The van der Waals surface area contributed by atoms with Gasteiger partial charge in [-0.25, -0.2) is 8.78 Å². The van der Waals surface area contributed by atoms with Crippen LogP contribution in [0.2, 0.25) is 0 Å². The van der Waals surface area contributed by atoms with E-state index in [9.17, 15) is 8.78 Å². The van der Waals surface area contributed by atoms with Crippen LogP contribution in [-0.4, -0.2) is 5.11 Å². The molecular formula is C15H13BrF2N2S. The van der Waals surface area contributed by atoms with Gasteiger partial charge in [-0.3, -0.25) is 0 Å². The van der Waals surface area contributed by atoms with Gasteiger partial charge in [-0.05, 0) is 54.5 Å². The second-order valence-electron chi connectivity index (χ2n) is 4.36. The van der Waals surface area contributed by atoms with Crippen LogP contribution in [0.15, 0.2) is 40.9 Å². The molecule has 0 amide bonds. The summed E-state index contributed by atoms with van der Waals surface area (Å²) in [5.41, 5.74) is 2.05. The van der Waals surface area contributed by atoms with Gasteiger partial charge < -0.3 is 10.6 Å². The number of thiocarbonyl (C=S) groups is 1. The van der Waals surface area contributed by atoms with Gasteiger partial charge in [0.25, 0.3) is 0 Å². The molecule has 0 atom stereocenters. The van der Waals surface area contributed by atoms with Gasteiger partial charge in [-0.2, -0.15) is 0 Å². The van der Waals surface area contributed by atoms with Crippen LogP contribution >= 0.6 is 28.1 Å². The first kappa shape index (κ1) is 15.9. The van der Waals surface area contributed by atoms with Crippen molar-refractivity contribution in [1.29, 1.82) is 0 Å². The van der Waals surface area contributed by atoms with Crippen LogP contribution in [0.4, 0.5) is 20.2 Å². The topological polar surface area (TPSA) is 24.1 Å². The van der Waals surface area contributed by atoms with Crippen molar-refractivity contribution in [3.8, 4) is 0 Å². The van der Waals surface area contributed by atoms with Crippen molar-refractivity contribution in [2.24, 2.45) is 0 Å². The Labute approximate surface area is 135 Å². The maximum absolute atomic E-state index is 13.6. The Bertz CT molecular complexity index is 677. The number of benzene rings is 2. The van der Waals surface area contributed by atoms with E-state index in [1.807, 2.05) is 25.1 Å². The summed E-state index contributed by atoms with van der Waals surface area (Å²) in [4.78, 5) is 0. The lowest BCUT2D eigenvalue weighted by atomic mass is 10.1. The van der Waals surface area contributed by atoms with Crippen LogP contribution in [0.5, 0.6) is 0 Å². The summed E-state index contributed by atoms with van der Waals surface area (Å²) in [6, 6.07) is 9.05. The van der Waals surface area contributed by atoms with Crippen molar-refractivity contribution in [2.45, 2.75) is 13.3 Å². The molecule has 0 radical (unpaired) electrons. The summed E-state index contributed by atoms with van der Waals surface area (Å²) in [6.45, 7) is 2.03. The van der Waals surface area contributed by atoms with E-state index in [2.05, 4.69) is 26.6 Å². The SMILES string of the molecule is CCc1cc(Br)ccc1NC(=S)Nc1ccc(F)cc1F. The lowest BCUT2D eigenvalue weighted by Gasteiger charge is -2.14. The third-order valence-electron chi connectivity index (χ3n) is 2.88. The Morgan fingerprint density at radius 1 is 1.10 bits per heavy atom. The van der Waals surface area contributed by atoms with Crippen molar-refractivity contribution in [2.75, 3.05) is 10.6 Å². The standard InChI is InChI=1S/C15H13BrF2N2S/c1-2-9-7-10(16)3-5-13(9)19-15(21)20-14-6-4-11(17)8-12(14)18/h3-8H,2H2,1H3,(H2,19,20,21). The molecule has 6 heteroatoms. The van der Waals surface area contributed by atoms with E-state index in [0.717, 1.165) is 28.2 Å². The largest absolute Gasteiger partial charge is 0.332 e. The van der Waals surface area contributed by atoms with E-state index in [4.69, 9.17) is 12.2 Å². The van der Waals surface area contributed by atoms with Gasteiger partial charge in [-0.1, -0.05) is 22.9 Å². The first-order valence-electron chi connectivity index (χ1n) is 6.31. The molecule has 0 heterocycles. The monoisotopic (exact) mass is 370 g/mol. The molecule has 0 aliphatic rings. The van der Waals surface area contributed by atoms with Gasteiger partial charge in [0.1, 0.15) is 11.6 Å². The maximum atomic E-state index is 13.6. The molecular weight excluding hydrogens is 358 g/mol. The van der Waals surface area contributed by atoms with E-state index in [-0.39, 0.29) is 10.8 Å². The Balaban J connectivity index is 2.11. The van der Waals surface area contributed by atoms with E-state index in [1.54, 1.807) is 0 Å². The lowest BCUT2D eigenvalue weighted by Crippen LogP contribution is -2.20. The maximum Gasteiger partial charge on any atom is 0.175 e. The summed E-state index contributed by atoms with van der Waals surface area (Å²) in [7, 11) is 0. The second kappa shape index (κ2) is 6.95. The molecule has 2 N–H and O–H groups in total. The molecule has 0 unspecified atom stereocenters. The molecule has 0 aliphatic carbocycles. The zero-order valence-corrected chi connectivity index (χ0v) is 13.6. The molecule has 2 rings (SSSR count). The van der Waals surface area contributed by atoms with Gasteiger partial charge in [0.15, 0.2) is 5.11 Å². The van der Waals surface area contributed by atoms with E-state index < -0.39 is 11.6 Å². The highest BCUT2D eigenvalue weighted by molar-refractivity contribution is 9.10. The lowest BCUT2D eigenvalue weighted by molar-refractivity contribution is 0.586. The second-order valence-corrected chi connectivity index (χ2v) is 5.68. The number of anilines is 2. The first-order valence-corrected chi connectivity index (χ1v) is 7.51. The fourth-order valence-electron chi connectivity index (χ4n) is 1.84. The fourth-order valence-corrected chi connectivity index (χ4v) is 2.47. The summed E-state index contributed by atoms with van der Waals surface area (Å²) < 4.78 is 27.4. The summed E-state index contributed by atoms with van der Waals surface area (Å²) in [6.07, 6.45) is 0.829. The van der Waals surface area contributed by atoms with E-state index in [1.165, 1.54) is 12.1 Å². The molecule has 0 saturated heterocycles. The number of rotatable bonds is 3. The van der Waals surface area contributed by atoms with E-state index in [0.29, 0.717) is 0 Å².